The van der Waals surface area contributed by atoms with E-state index >= 15 is 0 Å². The molecule has 3 saturated heterocycles. The number of fused-ring (bicyclic) bond motifs is 2. The first-order chi connectivity index (χ1) is 25.0. The molecule has 3 fully saturated rings. The van der Waals surface area contributed by atoms with Crippen LogP contribution in [0.1, 0.15) is 70.4 Å². The summed E-state index contributed by atoms with van der Waals surface area (Å²) in [5.74, 6) is -2.11. The van der Waals surface area contributed by atoms with Crippen LogP contribution in [0, 0.1) is 11.8 Å². The Hall–Kier alpha value is -4.13. The Morgan fingerprint density at radius 1 is 0.846 bits per heavy atom. The minimum absolute atomic E-state index is 0.0661. The fourth-order valence-electron chi connectivity index (χ4n) is 7.31. The predicted molar refractivity (Wildman–Crippen MR) is 200 cm³/mol. The zero-order valence-electron chi connectivity index (χ0n) is 31.0. The Morgan fingerprint density at radius 3 is 2.02 bits per heavy atom. The molecule has 0 aliphatic carbocycles. The van der Waals surface area contributed by atoms with Crippen molar-refractivity contribution in [3.63, 3.8) is 0 Å². The van der Waals surface area contributed by atoms with Gasteiger partial charge in [0.2, 0.25) is 17.7 Å². The Balaban J connectivity index is 1.45. The number of piperidine rings is 1. The highest BCUT2D eigenvalue weighted by Gasteiger charge is 2.47. The summed E-state index contributed by atoms with van der Waals surface area (Å²) >= 11 is 0. The number of nitrogens with zero attached hydrogens (tertiary/aromatic N) is 2. The van der Waals surface area contributed by atoms with Gasteiger partial charge in [-0.2, -0.15) is 0 Å². The first-order valence-corrected chi connectivity index (χ1v) is 18.9. The molecule has 3 amide bonds. The first kappa shape index (κ1) is 40.6. The Bertz CT molecular complexity index is 1460. The summed E-state index contributed by atoms with van der Waals surface area (Å²) in [6, 6.07) is 16.5. The second-order valence-electron chi connectivity index (χ2n) is 14.7. The van der Waals surface area contributed by atoms with Crippen LogP contribution in [0.3, 0.4) is 0 Å². The summed E-state index contributed by atoms with van der Waals surface area (Å²) in [5, 5.41) is 5.93. The minimum atomic E-state index is -0.890. The fraction of sp³-hybridized carbons (Fsp3) is 0.575. The lowest BCUT2D eigenvalue weighted by Gasteiger charge is -2.56. The molecule has 3 aliphatic heterocycles. The average Bonchev–Trinajstić information content (AvgIpc) is 3.13. The number of carbonyl (C=O) groups is 5. The highest BCUT2D eigenvalue weighted by atomic mass is 16.5. The van der Waals surface area contributed by atoms with Crippen molar-refractivity contribution in [2.75, 3.05) is 32.8 Å². The Morgan fingerprint density at radius 2 is 1.44 bits per heavy atom. The molecule has 6 atom stereocenters. The molecular weight excluding hydrogens is 660 g/mol. The van der Waals surface area contributed by atoms with E-state index in [4.69, 9.17) is 16.2 Å². The number of benzene rings is 2. The van der Waals surface area contributed by atoms with Gasteiger partial charge in [0.1, 0.15) is 6.04 Å². The van der Waals surface area contributed by atoms with E-state index in [2.05, 4.69) is 15.5 Å². The molecule has 6 N–H and O–H groups in total. The van der Waals surface area contributed by atoms with Crippen molar-refractivity contribution in [1.82, 2.24) is 20.4 Å². The Kier molecular flexibility index (Phi) is 15.8. The number of hydrogen-bond donors (Lipinski definition) is 4. The summed E-state index contributed by atoms with van der Waals surface area (Å²) in [5.41, 5.74) is 13.8. The maximum atomic E-state index is 14.1. The molecule has 0 radical (unpaired) electrons. The molecule has 12 heteroatoms. The van der Waals surface area contributed by atoms with Crippen LogP contribution < -0.4 is 22.1 Å². The van der Waals surface area contributed by atoms with Crippen LogP contribution in [0.5, 0.6) is 0 Å². The number of nitrogens with one attached hydrogen (secondary N) is 2. The van der Waals surface area contributed by atoms with Crippen molar-refractivity contribution >= 4 is 29.5 Å². The van der Waals surface area contributed by atoms with Gasteiger partial charge in [-0.1, -0.05) is 74.5 Å². The second-order valence-corrected chi connectivity index (χ2v) is 14.7. The summed E-state index contributed by atoms with van der Waals surface area (Å²) in [4.78, 5) is 71.4. The van der Waals surface area contributed by atoms with Gasteiger partial charge in [-0.25, -0.2) is 0 Å². The monoisotopic (exact) mass is 718 g/mol. The molecule has 5 rings (SSSR count). The normalized spacial score (nSPS) is 19.2. The Labute approximate surface area is 308 Å². The third kappa shape index (κ3) is 12.0. The van der Waals surface area contributed by atoms with E-state index in [0.29, 0.717) is 58.3 Å². The van der Waals surface area contributed by atoms with E-state index in [1.807, 2.05) is 74.5 Å². The lowest BCUT2D eigenvalue weighted by molar-refractivity contribution is -0.157. The van der Waals surface area contributed by atoms with Crippen LogP contribution in [-0.2, 0) is 41.6 Å². The minimum Gasteiger partial charge on any atom is -0.465 e. The molecule has 2 aromatic carbocycles. The van der Waals surface area contributed by atoms with E-state index in [1.54, 1.807) is 11.8 Å². The van der Waals surface area contributed by atoms with E-state index in [9.17, 15) is 24.0 Å². The van der Waals surface area contributed by atoms with Gasteiger partial charge in [-0.3, -0.25) is 28.9 Å². The second kappa shape index (κ2) is 20.2. The molecule has 3 aliphatic rings. The van der Waals surface area contributed by atoms with Gasteiger partial charge >= 0.3 is 5.97 Å². The molecule has 52 heavy (non-hydrogen) atoms. The third-order valence-corrected chi connectivity index (χ3v) is 10.0. The lowest BCUT2D eigenvalue weighted by atomic mass is 9.86. The smallest absolute Gasteiger partial charge is 0.320 e. The van der Waals surface area contributed by atoms with Gasteiger partial charge < -0.3 is 31.7 Å². The maximum absolute atomic E-state index is 14.1. The van der Waals surface area contributed by atoms with Crippen molar-refractivity contribution in [3.05, 3.63) is 71.8 Å². The number of hydrogen-bond acceptors (Lipinski definition) is 9. The third-order valence-electron chi connectivity index (χ3n) is 10.0. The van der Waals surface area contributed by atoms with Crippen LogP contribution in [0.15, 0.2) is 60.7 Å². The standard InChI is InChI=1S/C40H58N6O6/c1-4-52-37(48)26-46-31-23-32(46)25-45(24-31)40(51)34(17-11-12-18-41)43-38(49)30(19-27(2)3)22-36(47)35(21-29-15-9-6-10-16-29)44-39(50)33(42)20-28-13-7-5-8-14-28/h5-10,13-16,27,30-35H,4,11-12,17-26,41-42H2,1-3H3,(H,43,49)(H,44,50). The molecular formula is C40H58N6O6. The average molecular weight is 719 g/mol. The molecule has 0 saturated carbocycles. The van der Waals surface area contributed by atoms with Gasteiger partial charge in [-0.05, 0) is 75.5 Å². The predicted octanol–water partition coefficient (Wildman–Crippen LogP) is 2.37. The summed E-state index contributed by atoms with van der Waals surface area (Å²) in [6.45, 7) is 7.70. The van der Waals surface area contributed by atoms with Gasteiger partial charge in [0.15, 0.2) is 5.78 Å². The topological polar surface area (TPSA) is 177 Å². The molecule has 284 valence electrons. The summed E-state index contributed by atoms with van der Waals surface area (Å²) < 4.78 is 5.13. The molecule has 0 aromatic heterocycles. The van der Waals surface area contributed by atoms with Gasteiger partial charge in [0.25, 0.3) is 0 Å². The maximum Gasteiger partial charge on any atom is 0.320 e. The van der Waals surface area contributed by atoms with E-state index in [-0.39, 0.29) is 61.0 Å². The van der Waals surface area contributed by atoms with Gasteiger partial charge in [0.05, 0.1) is 25.2 Å². The highest BCUT2D eigenvalue weighted by molar-refractivity contribution is 5.95. The number of rotatable bonds is 21. The van der Waals surface area contributed by atoms with Crippen LogP contribution in [0.25, 0.3) is 0 Å². The van der Waals surface area contributed by atoms with Crippen LogP contribution in [0.4, 0.5) is 0 Å². The first-order valence-electron chi connectivity index (χ1n) is 18.9. The SMILES string of the molecule is CCOC(=O)CN1C2CC1CN(C(=O)C(CCCCN)NC(=O)C(CC(=O)C(Cc1ccccc1)NC(=O)C(N)Cc1ccccc1)CC(C)C)C2. The number of unbranched alkanes of at least 4 members (excludes halogenated alkanes) is 1. The number of amides is 3. The summed E-state index contributed by atoms with van der Waals surface area (Å²) in [6.07, 6.45) is 3.60. The quantitative estimate of drug-likeness (QED) is 0.112. The highest BCUT2D eigenvalue weighted by Crippen LogP contribution is 2.32. The number of esters is 1. The van der Waals surface area contributed by atoms with E-state index in [1.165, 1.54) is 0 Å². The molecule has 2 bridgehead atoms. The number of Topliss-reactive ketones (excluding diaryl/α,β-unsaturated/α-hetero) is 1. The van der Waals surface area contributed by atoms with Crippen molar-refractivity contribution in [3.8, 4) is 0 Å². The van der Waals surface area contributed by atoms with Gasteiger partial charge in [-0.15, -0.1) is 0 Å². The largest absolute Gasteiger partial charge is 0.465 e. The van der Waals surface area contributed by atoms with Crippen molar-refractivity contribution in [1.29, 1.82) is 0 Å². The van der Waals surface area contributed by atoms with Crippen LogP contribution >= 0.6 is 0 Å². The molecule has 0 spiro atoms. The number of nitrogens with two attached hydrogens (primary N) is 2. The van der Waals surface area contributed by atoms with Crippen molar-refractivity contribution in [2.24, 2.45) is 23.3 Å². The van der Waals surface area contributed by atoms with E-state index in [0.717, 1.165) is 17.5 Å². The van der Waals surface area contributed by atoms with Crippen molar-refractivity contribution < 1.29 is 28.7 Å². The summed E-state index contributed by atoms with van der Waals surface area (Å²) in [7, 11) is 0. The molecule has 12 nitrogen and oxygen atoms in total. The molecule has 6 unspecified atom stereocenters. The lowest BCUT2D eigenvalue weighted by Crippen LogP contribution is -2.71. The number of piperazine rings is 1. The van der Waals surface area contributed by atoms with Crippen molar-refractivity contribution in [2.45, 2.75) is 102 Å². The molecule has 2 aromatic rings. The fourth-order valence-corrected chi connectivity index (χ4v) is 7.31. The zero-order chi connectivity index (χ0) is 37.6. The zero-order valence-corrected chi connectivity index (χ0v) is 31.0. The van der Waals surface area contributed by atoms with Crippen LogP contribution in [0.2, 0.25) is 0 Å². The van der Waals surface area contributed by atoms with Gasteiger partial charge in [0, 0.05) is 37.5 Å². The number of carbonyl (C=O) groups excluding carboxylic acids is 5. The van der Waals surface area contributed by atoms with E-state index < -0.39 is 30.0 Å². The number of ketones is 1. The number of ether oxygens (including phenoxy) is 1. The van der Waals surface area contributed by atoms with Crippen LogP contribution in [-0.4, -0.2) is 102 Å². The molecule has 3 heterocycles.